The third-order valence-corrected chi connectivity index (χ3v) is 6.73. The number of hydrogen-bond acceptors (Lipinski definition) is 6. The first-order valence-electron chi connectivity index (χ1n) is 9.51. The molecule has 0 saturated carbocycles. The Morgan fingerprint density at radius 1 is 1.29 bits per heavy atom. The predicted octanol–water partition coefficient (Wildman–Crippen LogP) is 3.14. The van der Waals surface area contributed by atoms with E-state index in [0.29, 0.717) is 23.7 Å². The van der Waals surface area contributed by atoms with Crippen LogP contribution in [0.5, 0.6) is 0 Å². The van der Waals surface area contributed by atoms with Crippen molar-refractivity contribution in [3.8, 4) is 0 Å². The van der Waals surface area contributed by atoms with Crippen molar-refractivity contribution in [2.45, 2.75) is 32.2 Å². The van der Waals surface area contributed by atoms with Crippen LogP contribution in [-0.2, 0) is 28.9 Å². The van der Waals surface area contributed by atoms with Crippen LogP contribution in [0.3, 0.4) is 0 Å². The highest BCUT2D eigenvalue weighted by Gasteiger charge is 2.26. The molecule has 0 aliphatic heterocycles. The van der Waals surface area contributed by atoms with Crippen LogP contribution in [-0.4, -0.2) is 50.6 Å². The van der Waals surface area contributed by atoms with Gasteiger partial charge in [-0.15, -0.1) is 22.7 Å². The van der Waals surface area contributed by atoms with E-state index in [0.717, 1.165) is 37.8 Å². The number of hydrogen-bond donors (Lipinski definition) is 2. The predicted molar refractivity (Wildman–Crippen MR) is 114 cm³/mol. The number of nitrogens with zero attached hydrogens (tertiary/aromatic N) is 1. The minimum Gasteiger partial charge on any atom is -0.383 e. The van der Waals surface area contributed by atoms with E-state index in [9.17, 15) is 9.59 Å². The molecule has 0 unspecified atom stereocenters. The van der Waals surface area contributed by atoms with Crippen molar-refractivity contribution in [2.75, 3.05) is 39.2 Å². The third kappa shape index (κ3) is 5.41. The Morgan fingerprint density at radius 2 is 2.11 bits per heavy atom. The lowest BCUT2D eigenvalue weighted by Gasteiger charge is -2.16. The van der Waals surface area contributed by atoms with Crippen LogP contribution >= 0.6 is 22.7 Å². The van der Waals surface area contributed by atoms with E-state index in [2.05, 4.69) is 16.7 Å². The molecular formula is C20H27N3O3S2. The van der Waals surface area contributed by atoms with E-state index in [-0.39, 0.29) is 18.4 Å². The molecule has 2 aromatic rings. The molecule has 1 aliphatic rings. The number of nitrogens with one attached hydrogen (secondary N) is 2. The molecule has 0 saturated heterocycles. The lowest BCUT2D eigenvalue weighted by atomic mass is 9.95. The fourth-order valence-corrected chi connectivity index (χ4v) is 5.47. The molecule has 0 bridgehead atoms. The van der Waals surface area contributed by atoms with Gasteiger partial charge >= 0.3 is 0 Å². The molecule has 6 nitrogen and oxygen atoms in total. The second-order valence-corrected chi connectivity index (χ2v) is 9.10. The zero-order valence-corrected chi connectivity index (χ0v) is 18.0. The van der Waals surface area contributed by atoms with Gasteiger partial charge in [0.1, 0.15) is 5.00 Å². The second kappa shape index (κ2) is 10.2. The topological polar surface area (TPSA) is 70.7 Å². The summed E-state index contributed by atoms with van der Waals surface area (Å²) in [4.78, 5) is 29.8. The number of anilines is 1. The van der Waals surface area contributed by atoms with Crippen LogP contribution in [0.25, 0.3) is 0 Å². The zero-order valence-electron chi connectivity index (χ0n) is 16.4. The summed E-state index contributed by atoms with van der Waals surface area (Å²) in [6, 6.07) is 4.08. The number of likely N-dealkylation sites (N-methyl/N-ethyl adjacent to an activating group) is 1. The maximum atomic E-state index is 12.8. The average molecular weight is 422 g/mol. The van der Waals surface area contributed by atoms with E-state index in [1.807, 2.05) is 23.4 Å². The summed E-state index contributed by atoms with van der Waals surface area (Å²) in [6.07, 6.45) is 4.09. The molecule has 0 spiro atoms. The number of carbonyl (C=O) groups excluding carboxylic acids is 2. The quantitative estimate of drug-likeness (QED) is 0.610. The van der Waals surface area contributed by atoms with Crippen LogP contribution in [0.1, 0.15) is 38.5 Å². The smallest absolute Gasteiger partial charge is 0.254 e. The Hall–Kier alpha value is -1.74. The van der Waals surface area contributed by atoms with Crippen molar-refractivity contribution >= 4 is 39.5 Å². The van der Waals surface area contributed by atoms with Crippen molar-refractivity contribution < 1.29 is 14.3 Å². The number of methoxy groups -OCH3 is 1. The highest BCUT2D eigenvalue weighted by atomic mass is 32.1. The van der Waals surface area contributed by atoms with E-state index in [1.54, 1.807) is 29.8 Å². The van der Waals surface area contributed by atoms with Crippen molar-refractivity contribution in [1.82, 2.24) is 10.2 Å². The summed E-state index contributed by atoms with van der Waals surface area (Å²) in [5.74, 6) is -0.220. The zero-order chi connectivity index (χ0) is 19.9. The van der Waals surface area contributed by atoms with Gasteiger partial charge in [0.2, 0.25) is 5.91 Å². The minimum atomic E-state index is -0.126. The number of aryl methyl sites for hydroxylation is 1. The number of ether oxygens (including phenoxy) is 1. The number of fused-ring (bicyclic) bond motifs is 1. The van der Waals surface area contributed by atoms with Crippen LogP contribution < -0.4 is 10.6 Å². The highest BCUT2D eigenvalue weighted by molar-refractivity contribution is 7.17. The molecule has 0 aromatic carbocycles. The number of carbonyl (C=O) groups is 2. The summed E-state index contributed by atoms with van der Waals surface area (Å²) >= 11 is 3.23. The molecular weight excluding hydrogens is 394 g/mol. The van der Waals surface area contributed by atoms with Crippen LogP contribution in [0, 0.1) is 0 Å². The second-order valence-electron chi connectivity index (χ2n) is 6.96. The molecule has 2 heterocycles. The molecule has 28 heavy (non-hydrogen) atoms. The molecule has 2 N–H and O–H groups in total. The number of thiophene rings is 2. The first-order valence-corrected chi connectivity index (χ1v) is 11.2. The van der Waals surface area contributed by atoms with Crippen LogP contribution in [0.15, 0.2) is 17.5 Å². The monoisotopic (exact) mass is 421 g/mol. The maximum absolute atomic E-state index is 12.8. The Bertz CT molecular complexity index is 802. The van der Waals surface area contributed by atoms with Gasteiger partial charge in [0, 0.05) is 30.0 Å². The Labute approximate surface area is 173 Å². The minimum absolute atomic E-state index is 0.0939. The standard InChI is InChI=1S/C20H27N3O3S2/c1-23(12-14-6-5-11-27-14)13-17(24)22-20-18(19(25)21-9-10-26-2)15-7-3-4-8-16(15)28-20/h5-6,11H,3-4,7-10,12-13H2,1-2H3,(H,21,25)(H,22,24). The van der Waals surface area contributed by atoms with E-state index >= 15 is 0 Å². The molecule has 1 aliphatic carbocycles. The summed E-state index contributed by atoms with van der Waals surface area (Å²) in [6.45, 7) is 1.94. The fourth-order valence-electron chi connectivity index (χ4n) is 3.38. The van der Waals surface area contributed by atoms with Crippen molar-refractivity contribution in [2.24, 2.45) is 0 Å². The molecule has 3 rings (SSSR count). The van der Waals surface area contributed by atoms with Crippen LogP contribution in [0.2, 0.25) is 0 Å². The van der Waals surface area contributed by atoms with Crippen molar-refractivity contribution in [1.29, 1.82) is 0 Å². The van der Waals surface area contributed by atoms with E-state index in [1.165, 1.54) is 9.75 Å². The van der Waals surface area contributed by atoms with Gasteiger partial charge in [0.15, 0.2) is 0 Å². The van der Waals surface area contributed by atoms with Gasteiger partial charge in [-0.05, 0) is 49.7 Å². The van der Waals surface area contributed by atoms with Gasteiger partial charge < -0.3 is 15.4 Å². The summed E-state index contributed by atoms with van der Waals surface area (Å²) < 4.78 is 5.02. The van der Waals surface area contributed by atoms with Crippen LogP contribution in [0.4, 0.5) is 5.00 Å². The van der Waals surface area contributed by atoms with Gasteiger partial charge in [-0.1, -0.05) is 6.07 Å². The number of rotatable bonds is 9. The van der Waals surface area contributed by atoms with Crippen molar-refractivity contribution in [3.63, 3.8) is 0 Å². The SMILES string of the molecule is COCCNC(=O)c1c(NC(=O)CN(C)Cc2cccs2)sc2c1CCCC2. The largest absolute Gasteiger partial charge is 0.383 e. The third-order valence-electron chi connectivity index (χ3n) is 4.66. The molecule has 0 radical (unpaired) electrons. The maximum Gasteiger partial charge on any atom is 0.254 e. The Kier molecular flexibility index (Phi) is 7.61. The lowest BCUT2D eigenvalue weighted by Crippen LogP contribution is -2.31. The molecule has 0 fully saturated rings. The molecule has 8 heteroatoms. The van der Waals surface area contributed by atoms with Gasteiger partial charge in [0.25, 0.3) is 5.91 Å². The molecule has 0 atom stereocenters. The first-order chi connectivity index (χ1) is 13.6. The summed E-state index contributed by atoms with van der Waals surface area (Å²) in [5.41, 5.74) is 1.75. The van der Waals surface area contributed by atoms with Gasteiger partial charge in [-0.2, -0.15) is 0 Å². The number of amides is 2. The lowest BCUT2D eigenvalue weighted by molar-refractivity contribution is -0.117. The molecule has 2 aromatic heterocycles. The molecule has 152 valence electrons. The van der Waals surface area contributed by atoms with E-state index < -0.39 is 0 Å². The van der Waals surface area contributed by atoms with Gasteiger partial charge in [0.05, 0.1) is 18.7 Å². The Morgan fingerprint density at radius 3 is 2.86 bits per heavy atom. The highest BCUT2D eigenvalue weighted by Crippen LogP contribution is 2.38. The normalized spacial score (nSPS) is 13.4. The van der Waals surface area contributed by atoms with Gasteiger partial charge in [-0.3, -0.25) is 14.5 Å². The first kappa shape index (κ1) is 21.0. The molecule has 2 amide bonds. The fraction of sp³-hybridized carbons (Fsp3) is 0.500. The average Bonchev–Trinajstić information content (AvgIpc) is 3.28. The summed E-state index contributed by atoms with van der Waals surface area (Å²) in [7, 11) is 3.54. The van der Waals surface area contributed by atoms with E-state index in [4.69, 9.17) is 4.74 Å². The van der Waals surface area contributed by atoms with Gasteiger partial charge in [-0.25, -0.2) is 0 Å². The Balaban J connectivity index is 1.68. The summed E-state index contributed by atoms with van der Waals surface area (Å²) in [5, 5.41) is 8.61. The van der Waals surface area contributed by atoms with Crippen molar-refractivity contribution in [3.05, 3.63) is 38.4 Å².